The summed E-state index contributed by atoms with van der Waals surface area (Å²) >= 11 is 6.93. The third kappa shape index (κ3) is 6.38. The molecule has 0 spiro atoms. The van der Waals surface area contributed by atoms with Crippen molar-refractivity contribution < 1.29 is 23.8 Å². The number of carbonyl (C=O) groups excluding carboxylic acids is 2. The quantitative estimate of drug-likeness (QED) is 0.247. The number of hydrogen-bond acceptors (Lipinski definition) is 6. The van der Waals surface area contributed by atoms with E-state index in [1.54, 1.807) is 43.5 Å². The molecule has 3 aromatic rings. The van der Waals surface area contributed by atoms with Crippen LogP contribution in [0.5, 0.6) is 17.2 Å². The van der Waals surface area contributed by atoms with E-state index in [4.69, 9.17) is 25.8 Å². The van der Waals surface area contributed by atoms with E-state index in [-0.39, 0.29) is 17.7 Å². The van der Waals surface area contributed by atoms with Gasteiger partial charge in [-0.1, -0.05) is 47.5 Å². The molecular formula is C27H24ClNO5S. The lowest BCUT2D eigenvalue weighted by Crippen LogP contribution is -2.27. The SMILES string of the molecule is COc1cc(/C=C2\SC(=O)N(Cc3cccc(Cl)c3)C2=O)ccc1OCCOc1ccc(C)cc1. The molecule has 0 radical (unpaired) electrons. The number of nitrogens with zero attached hydrogens (tertiary/aromatic N) is 1. The Kier molecular flexibility index (Phi) is 8.00. The number of thioether (sulfide) groups is 1. The first-order valence-corrected chi connectivity index (χ1v) is 12.1. The Morgan fingerprint density at radius 2 is 1.71 bits per heavy atom. The summed E-state index contributed by atoms with van der Waals surface area (Å²) in [5.41, 5.74) is 2.68. The fourth-order valence-electron chi connectivity index (χ4n) is 3.44. The molecule has 8 heteroatoms. The zero-order valence-corrected chi connectivity index (χ0v) is 20.9. The van der Waals surface area contributed by atoms with Crippen LogP contribution in [0.4, 0.5) is 4.79 Å². The first-order valence-electron chi connectivity index (χ1n) is 10.9. The van der Waals surface area contributed by atoms with Gasteiger partial charge in [0.15, 0.2) is 11.5 Å². The maximum atomic E-state index is 12.9. The Bertz CT molecular complexity index is 1260. The van der Waals surface area contributed by atoms with Gasteiger partial charge in [-0.25, -0.2) is 0 Å². The number of ether oxygens (including phenoxy) is 3. The Labute approximate surface area is 213 Å². The Morgan fingerprint density at radius 1 is 0.943 bits per heavy atom. The van der Waals surface area contributed by atoms with Gasteiger partial charge in [-0.05, 0) is 72.3 Å². The molecule has 0 atom stereocenters. The monoisotopic (exact) mass is 509 g/mol. The minimum Gasteiger partial charge on any atom is -0.493 e. The topological polar surface area (TPSA) is 65.1 Å². The van der Waals surface area contributed by atoms with Crippen LogP contribution in [0.2, 0.25) is 5.02 Å². The van der Waals surface area contributed by atoms with Crippen molar-refractivity contribution in [2.45, 2.75) is 13.5 Å². The highest BCUT2D eigenvalue weighted by Crippen LogP contribution is 2.35. The number of aryl methyl sites for hydroxylation is 1. The zero-order valence-electron chi connectivity index (χ0n) is 19.3. The Hall–Kier alpha value is -3.42. The average molecular weight is 510 g/mol. The lowest BCUT2D eigenvalue weighted by atomic mass is 10.1. The fraction of sp³-hybridized carbons (Fsp3) is 0.185. The highest BCUT2D eigenvalue weighted by molar-refractivity contribution is 8.18. The van der Waals surface area contributed by atoms with Gasteiger partial charge >= 0.3 is 0 Å². The van der Waals surface area contributed by atoms with E-state index >= 15 is 0 Å². The third-order valence-corrected chi connectivity index (χ3v) is 6.36. The molecule has 1 aliphatic heterocycles. The molecule has 180 valence electrons. The van der Waals surface area contributed by atoms with Gasteiger partial charge in [-0.2, -0.15) is 0 Å². The second-order valence-corrected chi connectivity index (χ2v) is 9.25. The van der Waals surface area contributed by atoms with E-state index in [1.165, 1.54) is 10.5 Å². The van der Waals surface area contributed by atoms with Gasteiger partial charge in [0, 0.05) is 5.02 Å². The van der Waals surface area contributed by atoms with Gasteiger partial charge < -0.3 is 14.2 Å². The highest BCUT2D eigenvalue weighted by Gasteiger charge is 2.35. The molecule has 1 heterocycles. The van der Waals surface area contributed by atoms with E-state index < -0.39 is 0 Å². The van der Waals surface area contributed by atoms with Crippen LogP contribution >= 0.6 is 23.4 Å². The smallest absolute Gasteiger partial charge is 0.293 e. The van der Waals surface area contributed by atoms with Crippen LogP contribution in [0.25, 0.3) is 6.08 Å². The van der Waals surface area contributed by atoms with Gasteiger partial charge in [0.2, 0.25) is 0 Å². The van der Waals surface area contributed by atoms with Gasteiger partial charge in [-0.15, -0.1) is 0 Å². The number of amides is 2. The molecule has 1 aliphatic rings. The first-order chi connectivity index (χ1) is 16.9. The first kappa shape index (κ1) is 24.7. The van der Waals surface area contributed by atoms with E-state index in [0.717, 1.165) is 28.6 Å². The van der Waals surface area contributed by atoms with E-state index in [2.05, 4.69) is 0 Å². The van der Waals surface area contributed by atoms with Crippen LogP contribution < -0.4 is 14.2 Å². The summed E-state index contributed by atoms with van der Waals surface area (Å²) in [6.45, 7) is 2.91. The summed E-state index contributed by atoms with van der Waals surface area (Å²) in [6, 6.07) is 20.3. The van der Waals surface area contributed by atoms with Gasteiger partial charge in [0.25, 0.3) is 11.1 Å². The number of halogens is 1. The fourth-order valence-corrected chi connectivity index (χ4v) is 4.50. The molecule has 0 N–H and O–H groups in total. The Balaban J connectivity index is 1.38. The average Bonchev–Trinajstić information content (AvgIpc) is 3.10. The van der Waals surface area contributed by atoms with Crippen LogP contribution in [0.15, 0.2) is 71.6 Å². The molecule has 6 nitrogen and oxygen atoms in total. The summed E-state index contributed by atoms with van der Waals surface area (Å²) in [6.07, 6.45) is 1.68. The summed E-state index contributed by atoms with van der Waals surface area (Å²) in [4.78, 5) is 26.9. The van der Waals surface area contributed by atoms with Crippen LogP contribution in [0.3, 0.4) is 0 Å². The van der Waals surface area contributed by atoms with Crippen molar-refractivity contribution in [3.63, 3.8) is 0 Å². The number of carbonyl (C=O) groups is 2. The molecule has 0 unspecified atom stereocenters. The maximum Gasteiger partial charge on any atom is 0.293 e. The molecule has 0 bridgehead atoms. The van der Waals surface area contributed by atoms with Crippen molar-refractivity contribution in [3.8, 4) is 17.2 Å². The van der Waals surface area contributed by atoms with Crippen LogP contribution in [0, 0.1) is 6.92 Å². The van der Waals surface area contributed by atoms with Crippen molar-refractivity contribution in [3.05, 3.63) is 93.3 Å². The van der Waals surface area contributed by atoms with Crippen LogP contribution in [-0.2, 0) is 11.3 Å². The van der Waals surface area contributed by atoms with E-state index in [1.807, 2.05) is 43.3 Å². The highest BCUT2D eigenvalue weighted by atomic mass is 35.5. The van der Waals surface area contributed by atoms with Gasteiger partial charge in [0.1, 0.15) is 19.0 Å². The van der Waals surface area contributed by atoms with Crippen molar-refractivity contribution >= 4 is 40.6 Å². The largest absolute Gasteiger partial charge is 0.493 e. The number of rotatable bonds is 9. The predicted molar refractivity (Wildman–Crippen MR) is 138 cm³/mol. The van der Waals surface area contributed by atoms with E-state index in [9.17, 15) is 9.59 Å². The second kappa shape index (κ2) is 11.3. The second-order valence-electron chi connectivity index (χ2n) is 7.82. The number of benzene rings is 3. The molecule has 35 heavy (non-hydrogen) atoms. The lowest BCUT2D eigenvalue weighted by molar-refractivity contribution is -0.123. The van der Waals surface area contributed by atoms with Crippen LogP contribution in [-0.4, -0.2) is 36.4 Å². The molecule has 1 fully saturated rings. The molecule has 2 amide bonds. The van der Waals surface area contributed by atoms with Gasteiger partial charge in [-0.3, -0.25) is 14.5 Å². The standard InChI is InChI=1S/C27H24ClNO5S/c1-18-6-9-22(10-7-18)33-12-13-34-23-11-8-19(15-24(23)32-2)16-25-26(30)29(27(31)35-25)17-20-4-3-5-21(28)14-20/h3-11,14-16H,12-13,17H2,1-2H3/b25-16-. The molecule has 0 aliphatic carbocycles. The minimum absolute atomic E-state index is 0.170. The zero-order chi connectivity index (χ0) is 24.8. The molecule has 1 saturated heterocycles. The van der Waals surface area contributed by atoms with Crippen molar-refractivity contribution in [1.29, 1.82) is 0 Å². The third-order valence-electron chi connectivity index (χ3n) is 5.22. The normalized spacial score (nSPS) is 14.5. The predicted octanol–water partition coefficient (Wildman–Crippen LogP) is 6.35. The molecule has 0 saturated carbocycles. The van der Waals surface area contributed by atoms with E-state index in [0.29, 0.717) is 34.6 Å². The summed E-state index contributed by atoms with van der Waals surface area (Å²) in [5.74, 6) is 1.52. The maximum absolute atomic E-state index is 12.9. The summed E-state index contributed by atoms with van der Waals surface area (Å²) in [7, 11) is 1.55. The van der Waals surface area contributed by atoms with Crippen LogP contribution in [0.1, 0.15) is 16.7 Å². The number of hydrogen-bond donors (Lipinski definition) is 0. The van der Waals surface area contributed by atoms with Gasteiger partial charge in [0.05, 0.1) is 18.6 Å². The van der Waals surface area contributed by atoms with Crippen molar-refractivity contribution in [2.24, 2.45) is 0 Å². The molecule has 0 aromatic heterocycles. The molecular weight excluding hydrogens is 486 g/mol. The molecule has 3 aromatic carbocycles. The lowest BCUT2D eigenvalue weighted by Gasteiger charge is -2.13. The van der Waals surface area contributed by atoms with Crippen molar-refractivity contribution in [1.82, 2.24) is 4.90 Å². The molecule has 4 rings (SSSR count). The Morgan fingerprint density at radius 3 is 2.46 bits per heavy atom. The summed E-state index contributed by atoms with van der Waals surface area (Å²) in [5, 5.41) is 0.239. The number of imide groups is 1. The number of methoxy groups -OCH3 is 1. The van der Waals surface area contributed by atoms with Crippen molar-refractivity contribution in [2.75, 3.05) is 20.3 Å². The summed E-state index contributed by atoms with van der Waals surface area (Å²) < 4.78 is 17.0. The minimum atomic E-state index is -0.340.